The Morgan fingerprint density at radius 1 is 1.27 bits per heavy atom. The zero-order valence-corrected chi connectivity index (χ0v) is 20.2. The Kier molecular flexibility index (Phi) is 6.22. The highest BCUT2D eigenvalue weighted by Crippen LogP contribution is 2.36. The lowest BCUT2D eigenvalue weighted by atomic mass is 10.0. The van der Waals surface area contributed by atoms with E-state index < -0.39 is 0 Å². The van der Waals surface area contributed by atoms with E-state index in [1.165, 1.54) is 0 Å². The molecule has 10 heteroatoms. The van der Waals surface area contributed by atoms with Crippen LogP contribution in [0.2, 0.25) is 0 Å². The lowest BCUT2D eigenvalue weighted by Crippen LogP contribution is -2.35. The molecule has 0 saturated carbocycles. The van der Waals surface area contributed by atoms with Crippen LogP contribution in [0.3, 0.4) is 0 Å². The molecule has 4 heterocycles. The van der Waals surface area contributed by atoms with Crippen molar-refractivity contribution in [2.75, 3.05) is 50.7 Å². The summed E-state index contributed by atoms with van der Waals surface area (Å²) in [5.41, 5.74) is 2.68. The fraction of sp³-hybridized carbons (Fsp3) is 0.435. The van der Waals surface area contributed by atoms with E-state index in [9.17, 15) is 4.79 Å². The Morgan fingerprint density at radius 3 is 2.88 bits per heavy atom. The maximum absolute atomic E-state index is 12.6. The number of nitrogens with one attached hydrogen (secondary N) is 2. The lowest BCUT2D eigenvalue weighted by Gasteiger charge is -2.27. The van der Waals surface area contributed by atoms with Crippen LogP contribution in [0, 0.1) is 0 Å². The summed E-state index contributed by atoms with van der Waals surface area (Å²) in [4.78, 5) is 29.5. The number of ether oxygens (including phenoxy) is 2. The molecule has 0 radical (unpaired) electrons. The lowest BCUT2D eigenvalue weighted by molar-refractivity contribution is -0.127. The van der Waals surface area contributed by atoms with Gasteiger partial charge in [-0.3, -0.25) is 4.79 Å². The molecule has 174 valence electrons. The van der Waals surface area contributed by atoms with E-state index in [1.54, 1.807) is 7.11 Å². The molecular formula is C23H27BrN6O3. The first-order valence-electron chi connectivity index (χ1n) is 11.0. The van der Waals surface area contributed by atoms with Crippen molar-refractivity contribution >= 4 is 44.6 Å². The molecule has 1 amide bonds. The summed E-state index contributed by atoms with van der Waals surface area (Å²) < 4.78 is 12.1. The SMILES string of the molecule is COC1COCCN(c2nc(N[C@@H]3CC(=O)N(C)[C@H]3c3ccccc3)c3[nH]cc(Br)c3n2)C1. The monoisotopic (exact) mass is 514 g/mol. The van der Waals surface area contributed by atoms with E-state index in [2.05, 4.69) is 43.3 Å². The molecule has 3 atom stereocenters. The smallest absolute Gasteiger partial charge is 0.228 e. The molecule has 2 N–H and O–H groups in total. The van der Waals surface area contributed by atoms with Crippen molar-refractivity contribution in [3.63, 3.8) is 0 Å². The highest BCUT2D eigenvalue weighted by atomic mass is 79.9. The van der Waals surface area contributed by atoms with Gasteiger partial charge in [-0.1, -0.05) is 30.3 Å². The number of rotatable bonds is 5. The molecular weight excluding hydrogens is 488 g/mol. The van der Waals surface area contributed by atoms with Crippen LogP contribution in [0.15, 0.2) is 41.0 Å². The number of anilines is 2. The van der Waals surface area contributed by atoms with Crippen LogP contribution in [-0.2, 0) is 14.3 Å². The predicted octanol–water partition coefficient (Wildman–Crippen LogP) is 2.96. The van der Waals surface area contributed by atoms with Gasteiger partial charge in [-0.05, 0) is 21.5 Å². The maximum Gasteiger partial charge on any atom is 0.228 e. The number of H-pyrrole nitrogens is 1. The molecule has 3 aromatic rings. The summed E-state index contributed by atoms with van der Waals surface area (Å²) in [5.74, 6) is 1.38. The van der Waals surface area contributed by atoms with Gasteiger partial charge in [0.1, 0.15) is 11.0 Å². The number of aromatic amines is 1. The van der Waals surface area contributed by atoms with Gasteiger partial charge < -0.3 is 29.6 Å². The quantitative estimate of drug-likeness (QED) is 0.540. The summed E-state index contributed by atoms with van der Waals surface area (Å²) in [6, 6.07) is 9.88. The number of hydrogen-bond acceptors (Lipinski definition) is 7. The molecule has 2 saturated heterocycles. The van der Waals surface area contributed by atoms with Crippen LogP contribution >= 0.6 is 15.9 Å². The Morgan fingerprint density at radius 2 is 2.09 bits per heavy atom. The molecule has 0 spiro atoms. The number of nitrogens with zero attached hydrogens (tertiary/aromatic N) is 4. The summed E-state index contributed by atoms with van der Waals surface area (Å²) in [7, 11) is 3.55. The zero-order valence-electron chi connectivity index (χ0n) is 18.6. The second-order valence-corrected chi connectivity index (χ2v) is 9.28. The first-order valence-corrected chi connectivity index (χ1v) is 11.8. The highest BCUT2D eigenvalue weighted by Gasteiger charge is 2.39. The number of halogens is 1. The van der Waals surface area contributed by atoms with Crippen molar-refractivity contribution in [2.24, 2.45) is 0 Å². The van der Waals surface area contributed by atoms with Crippen molar-refractivity contribution in [1.29, 1.82) is 0 Å². The number of benzene rings is 1. The summed E-state index contributed by atoms with van der Waals surface area (Å²) in [6.07, 6.45) is 2.20. The molecule has 2 aliphatic rings. The summed E-state index contributed by atoms with van der Waals surface area (Å²) in [5, 5.41) is 3.57. The maximum atomic E-state index is 12.6. The first-order chi connectivity index (χ1) is 16.0. The van der Waals surface area contributed by atoms with E-state index in [-0.39, 0.29) is 24.1 Å². The van der Waals surface area contributed by atoms with Crippen molar-refractivity contribution in [3.8, 4) is 0 Å². The zero-order chi connectivity index (χ0) is 22.9. The number of carbonyl (C=O) groups is 1. The summed E-state index contributed by atoms with van der Waals surface area (Å²) in [6.45, 7) is 2.44. The minimum atomic E-state index is -0.128. The molecule has 0 bridgehead atoms. The van der Waals surface area contributed by atoms with Gasteiger partial charge in [0.15, 0.2) is 5.82 Å². The molecule has 2 fully saturated rings. The standard InChI is InChI=1S/C23H27BrN6O3/c1-29-18(31)10-17(21(29)14-6-4-3-5-7-14)26-22-20-19(16(24)11-25-20)27-23(28-22)30-8-9-33-13-15(12-30)32-2/h3-7,11,15,17,21,25H,8-10,12-13H2,1-2H3,(H,26,27,28)/t15?,17-,21+/m1/s1. The Balaban J connectivity index is 1.51. The third-order valence-electron chi connectivity index (χ3n) is 6.37. The van der Waals surface area contributed by atoms with Gasteiger partial charge in [0.25, 0.3) is 0 Å². The number of carbonyl (C=O) groups excluding carboxylic acids is 1. The van der Waals surface area contributed by atoms with Gasteiger partial charge in [-0.15, -0.1) is 0 Å². The van der Waals surface area contributed by atoms with E-state index in [0.29, 0.717) is 44.5 Å². The number of hydrogen-bond donors (Lipinski definition) is 2. The molecule has 2 aromatic heterocycles. The van der Waals surface area contributed by atoms with E-state index in [0.717, 1.165) is 21.1 Å². The molecule has 9 nitrogen and oxygen atoms in total. The van der Waals surface area contributed by atoms with Gasteiger partial charge in [0.2, 0.25) is 11.9 Å². The Hall–Kier alpha value is -2.69. The average Bonchev–Trinajstić information content (AvgIpc) is 3.21. The molecule has 2 aliphatic heterocycles. The minimum Gasteiger partial charge on any atom is -0.377 e. The van der Waals surface area contributed by atoms with Gasteiger partial charge in [0, 0.05) is 39.9 Å². The van der Waals surface area contributed by atoms with Crippen LogP contribution in [-0.4, -0.2) is 78.4 Å². The van der Waals surface area contributed by atoms with Crippen molar-refractivity contribution < 1.29 is 14.3 Å². The number of fused-ring (bicyclic) bond motifs is 1. The molecule has 5 rings (SSSR count). The number of amides is 1. The first kappa shape index (κ1) is 22.1. The normalized spacial score (nSPS) is 23.8. The van der Waals surface area contributed by atoms with E-state index >= 15 is 0 Å². The number of likely N-dealkylation sites (tertiary alicyclic amines) is 1. The molecule has 33 heavy (non-hydrogen) atoms. The van der Waals surface area contributed by atoms with Crippen LogP contribution in [0.4, 0.5) is 11.8 Å². The van der Waals surface area contributed by atoms with Crippen molar-refractivity contribution in [3.05, 3.63) is 46.6 Å². The predicted molar refractivity (Wildman–Crippen MR) is 129 cm³/mol. The molecule has 1 aromatic carbocycles. The Labute approximate surface area is 200 Å². The topological polar surface area (TPSA) is 95.6 Å². The van der Waals surface area contributed by atoms with Crippen LogP contribution in [0.5, 0.6) is 0 Å². The van der Waals surface area contributed by atoms with Gasteiger partial charge >= 0.3 is 0 Å². The fourth-order valence-electron chi connectivity index (χ4n) is 4.59. The third kappa shape index (κ3) is 4.30. The van der Waals surface area contributed by atoms with E-state index in [1.807, 2.05) is 36.3 Å². The van der Waals surface area contributed by atoms with Crippen molar-refractivity contribution in [1.82, 2.24) is 19.9 Å². The highest BCUT2D eigenvalue weighted by molar-refractivity contribution is 9.10. The second-order valence-electron chi connectivity index (χ2n) is 8.43. The minimum absolute atomic E-state index is 0.0542. The van der Waals surface area contributed by atoms with Crippen LogP contribution in [0.25, 0.3) is 11.0 Å². The molecule has 0 aliphatic carbocycles. The number of methoxy groups -OCH3 is 1. The third-order valence-corrected chi connectivity index (χ3v) is 6.97. The second kappa shape index (κ2) is 9.28. The van der Waals surface area contributed by atoms with Crippen LogP contribution in [0.1, 0.15) is 18.0 Å². The summed E-state index contributed by atoms with van der Waals surface area (Å²) >= 11 is 3.60. The molecule has 1 unspecified atom stereocenters. The fourth-order valence-corrected chi connectivity index (χ4v) is 4.99. The number of likely N-dealkylation sites (N-methyl/N-ethyl adjacent to an activating group) is 1. The largest absolute Gasteiger partial charge is 0.377 e. The van der Waals surface area contributed by atoms with E-state index in [4.69, 9.17) is 19.4 Å². The van der Waals surface area contributed by atoms with Gasteiger partial charge in [-0.2, -0.15) is 4.98 Å². The number of aromatic nitrogens is 3. The van der Waals surface area contributed by atoms with Gasteiger partial charge in [-0.25, -0.2) is 4.98 Å². The van der Waals surface area contributed by atoms with Crippen LogP contribution < -0.4 is 10.2 Å². The van der Waals surface area contributed by atoms with Crippen molar-refractivity contribution in [2.45, 2.75) is 24.6 Å². The average molecular weight is 515 g/mol. The van der Waals surface area contributed by atoms with Gasteiger partial charge in [0.05, 0.1) is 35.9 Å². The Bertz CT molecular complexity index is 1140.